The number of hydrogen-bond acceptors (Lipinski definition) is 6. The minimum absolute atomic E-state index is 0.0342. The SMILES string of the molecule is COC(=O)C1=C(N)OC2=C(C(=O)CCC2)[C@H]1c1ccc(OCc2ccc(Cl)cc2Cl)c(I)c1. The third kappa shape index (κ3) is 4.85. The molecule has 0 aromatic heterocycles. The van der Waals surface area contributed by atoms with Gasteiger partial charge < -0.3 is 19.9 Å². The summed E-state index contributed by atoms with van der Waals surface area (Å²) in [6.45, 7) is 0.261. The van der Waals surface area contributed by atoms with Gasteiger partial charge in [-0.05, 0) is 58.8 Å². The van der Waals surface area contributed by atoms with Crippen LogP contribution in [0.5, 0.6) is 5.75 Å². The quantitative estimate of drug-likeness (QED) is 0.353. The Hall–Kier alpha value is -2.23. The van der Waals surface area contributed by atoms with E-state index in [4.69, 9.17) is 43.1 Å². The highest BCUT2D eigenvalue weighted by molar-refractivity contribution is 14.1. The highest BCUT2D eigenvalue weighted by Crippen LogP contribution is 2.44. The summed E-state index contributed by atoms with van der Waals surface area (Å²) in [4.78, 5) is 25.4. The van der Waals surface area contributed by atoms with E-state index in [0.29, 0.717) is 46.4 Å². The number of esters is 1. The summed E-state index contributed by atoms with van der Waals surface area (Å²) < 4.78 is 17.4. The van der Waals surface area contributed by atoms with E-state index in [1.54, 1.807) is 18.2 Å². The van der Waals surface area contributed by atoms with E-state index in [1.165, 1.54) is 7.11 Å². The minimum Gasteiger partial charge on any atom is -0.488 e. The van der Waals surface area contributed by atoms with E-state index >= 15 is 0 Å². The fourth-order valence-corrected chi connectivity index (χ4v) is 5.16. The van der Waals surface area contributed by atoms with Gasteiger partial charge in [0.15, 0.2) is 5.78 Å². The van der Waals surface area contributed by atoms with Crippen LogP contribution >= 0.6 is 45.8 Å². The molecular weight excluding hydrogens is 580 g/mol. The number of carbonyl (C=O) groups is 2. The molecule has 2 aromatic rings. The van der Waals surface area contributed by atoms with Crippen LogP contribution in [0, 0.1) is 3.57 Å². The Balaban J connectivity index is 1.68. The Morgan fingerprint density at radius 2 is 2.00 bits per heavy atom. The van der Waals surface area contributed by atoms with E-state index in [2.05, 4.69) is 22.6 Å². The first-order chi connectivity index (χ1) is 15.8. The lowest BCUT2D eigenvalue weighted by Crippen LogP contribution is -2.31. The molecule has 6 nitrogen and oxygen atoms in total. The van der Waals surface area contributed by atoms with Crippen molar-refractivity contribution in [3.63, 3.8) is 0 Å². The number of Topliss-reactive ketones (excluding diaryl/α,β-unsaturated/α-hetero) is 1. The summed E-state index contributed by atoms with van der Waals surface area (Å²) in [6, 6.07) is 10.7. The molecule has 2 N–H and O–H groups in total. The van der Waals surface area contributed by atoms with Crippen LogP contribution in [-0.4, -0.2) is 18.9 Å². The first-order valence-electron chi connectivity index (χ1n) is 10.2. The van der Waals surface area contributed by atoms with E-state index in [9.17, 15) is 9.59 Å². The van der Waals surface area contributed by atoms with Crippen LogP contribution < -0.4 is 10.5 Å². The van der Waals surface area contributed by atoms with Gasteiger partial charge in [0, 0.05) is 34.0 Å². The summed E-state index contributed by atoms with van der Waals surface area (Å²) in [6.07, 6.45) is 1.67. The van der Waals surface area contributed by atoms with Gasteiger partial charge in [-0.3, -0.25) is 4.79 Å². The Bertz CT molecular complexity index is 1210. The standard InChI is InChI=1S/C24H20Cl2INO5/c1-31-24(30)22-20(21-17(29)3-2-4-19(21)33-23(22)28)12-6-8-18(16(27)9-12)32-11-13-5-7-14(25)10-15(13)26/h5-10,20H,2-4,11,28H2,1H3/t20-/m1/s1. The molecular formula is C24H20Cl2INO5. The minimum atomic E-state index is -0.665. The summed E-state index contributed by atoms with van der Waals surface area (Å²) in [5.74, 6) is -0.222. The molecule has 2 aromatic carbocycles. The Labute approximate surface area is 214 Å². The van der Waals surface area contributed by atoms with Crippen LogP contribution in [0.1, 0.15) is 36.3 Å². The smallest absolute Gasteiger partial charge is 0.340 e. The molecule has 1 aliphatic heterocycles. The summed E-state index contributed by atoms with van der Waals surface area (Å²) in [5.41, 5.74) is 8.23. The molecule has 1 atom stereocenters. The Kier molecular flexibility index (Phi) is 7.21. The lowest BCUT2D eigenvalue weighted by Gasteiger charge is -2.32. The molecule has 0 fully saturated rings. The van der Waals surface area contributed by atoms with Crippen molar-refractivity contribution in [1.29, 1.82) is 0 Å². The first-order valence-corrected chi connectivity index (χ1v) is 12.0. The van der Waals surface area contributed by atoms with Crippen LogP contribution in [-0.2, 0) is 25.7 Å². The summed E-state index contributed by atoms with van der Waals surface area (Å²) in [5, 5.41) is 1.08. The van der Waals surface area contributed by atoms with E-state index in [0.717, 1.165) is 14.7 Å². The second-order valence-corrected chi connectivity index (χ2v) is 9.64. The van der Waals surface area contributed by atoms with E-state index in [-0.39, 0.29) is 23.8 Å². The molecule has 9 heteroatoms. The van der Waals surface area contributed by atoms with Gasteiger partial charge in [-0.25, -0.2) is 4.79 Å². The van der Waals surface area contributed by atoms with Crippen molar-refractivity contribution in [3.05, 3.63) is 83.9 Å². The number of allylic oxidation sites excluding steroid dienone is 2. The van der Waals surface area contributed by atoms with Crippen molar-refractivity contribution in [2.45, 2.75) is 31.8 Å². The molecule has 1 aliphatic carbocycles. The number of rotatable bonds is 5. The predicted octanol–water partition coefficient (Wildman–Crippen LogP) is 5.64. The van der Waals surface area contributed by atoms with Gasteiger partial charge in [0.1, 0.15) is 23.7 Å². The van der Waals surface area contributed by atoms with E-state index in [1.807, 2.05) is 18.2 Å². The third-order valence-corrected chi connectivity index (χ3v) is 7.01. The molecule has 0 spiro atoms. The third-order valence-electron chi connectivity index (χ3n) is 5.58. The second kappa shape index (κ2) is 9.95. The van der Waals surface area contributed by atoms with Gasteiger partial charge in [0.2, 0.25) is 5.88 Å². The molecule has 0 radical (unpaired) electrons. The highest BCUT2D eigenvalue weighted by Gasteiger charge is 2.41. The number of nitrogens with two attached hydrogens (primary N) is 1. The van der Waals surface area contributed by atoms with Gasteiger partial charge in [0.05, 0.1) is 16.6 Å². The number of ketones is 1. The summed E-state index contributed by atoms with van der Waals surface area (Å²) in [7, 11) is 1.27. The maximum atomic E-state index is 12.8. The highest BCUT2D eigenvalue weighted by atomic mass is 127. The van der Waals surface area contributed by atoms with Crippen LogP contribution in [0.15, 0.2) is 59.2 Å². The normalized spacial score (nSPS) is 18.1. The zero-order valence-electron chi connectivity index (χ0n) is 17.6. The fourth-order valence-electron chi connectivity index (χ4n) is 4.01. The molecule has 33 heavy (non-hydrogen) atoms. The Morgan fingerprint density at radius 1 is 1.21 bits per heavy atom. The van der Waals surface area contributed by atoms with Crippen molar-refractivity contribution < 1.29 is 23.8 Å². The molecule has 0 saturated heterocycles. The number of hydrogen-bond donors (Lipinski definition) is 1. The molecule has 0 bridgehead atoms. The van der Waals surface area contributed by atoms with Crippen LogP contribution in [0.4, 0.5) is 0 Å². The molecule has 0 saturated carbocycles. The van der Waals surface area contributed by atoms with Gasteiger partial charge in [-0.2, -0.15) is 0 Å². The number of methoxy groups -OCH3 is 1. The van der Waals surface area contributed by atoms with Crippen LogP contribution in [0.3, 0.4) is 0 Å². The van der Waals surface area contributed by atoms with Crippen molar-refractivity contribution in [3.8, 4) is 5.75 Å². The molecule has 4 rings (SSSR count). The van der Waals surface area contributed by atoms with Crippen molar-refractivity contribution in [2.24, 2.45) is 5.73 Å². The van der Waals surface area contributed by atoms with Gasteiger partial charge >= 0.3 is 5.97 Å². The van der Waals surface area contributed by atoms with Crippen molar-refractivity contribution in [1.82, 2.24) is 0 Å². The number of benzene rings is 2. The topological polar surface area (TPSA) is 87.9 Å². The number of halogens is 3. The average Bonchev–Trinajstić information content (AvgIpc) is 2.78. The van der Waals surface area contributed by atoms with Crippen LogP contribution in [0.25, 0.3) is 0 Å². The zero-order valence-corrected chi connectivity index (χ0v) is 21.3. The number of ether oxygens (including phenoxy) is 3. The maximum Gasteiger partial charge on any atom is 0.340 e. The number of carbonyl (C=O) groups excluding carboxylic acids is 2. The molecule has 2 aliphatic rings. The van der Waals surface area contributed by atoms with Gasteiger partial charge in [0.25, 0.3) is 0 Å². The molecule has 0 unspecified atom stereocenters. The first kappa shape index (κ1) is 23.9. The fraction of sp³-hybridized carbons (Fsp3) is 0.250. The van der Waals surface area contributed by atoms with Gasteiger partial charge in [-0.1, -0.05) is 35.3 Å². The monoisotopic (exact) mass is 599 g/mol. The molecule has 172 valence electrons. The Morgan fingerprint density at radius 3 is 2.70 bits per heavy atom. The molecule has 1 heterocycles. The molecule has 0 amide bonds. The largest absolute Gasteiger partial charge is 0.488 e. The van der Waals surface area contributed by atoms with Crippen molar-refractivity contribution >= 4 is 57.5 Å². The van der Waals surface area contributed by atoms with E-state index < -0.39 is 11.9 Å². The second-order valence-electron chi connectivity index (χ2n) is 7.63. The lowest BCUT2D eigenvalue weighted by atomic mass is 9.77. The predicted molar refractivity (Wildman–Crippen MR) is 133 cm³/mol. The van der Waals surface area contributed by atoms with Crippen LogP contribution in [0.2, 0.25) is 10.0 Å². The maximum absolute atomic E-state index is 12.8. The lowest BCUT2D eigenvalue weighted by molar-refractivity contribution is -0.136. The summed E-state index contributed by atoms with van der Waals surface area (Å²) >= 11 is 14.3. The zero-order chi connectivity index (χ0) is 23.7. The van der Waals surface area contributed by atoms with Crippen molar-refractivity contribution in [2.75, 3.05) is 7.11 Å². The average molecular weight is 600 g/mol. The van der Waals surface area contributed by atoms with Gasteiger partial charge in [-0.15, -0.1) is 0 Å².